The van der Waals surface area contributed by atoms with Crippen LogP contribution in [0.1, 0.15) is 22.6 Å². The number of aliphatic carboxylic acids is 1. The van der Waals surface area contributed by atoms with Gasteiger partial charge in [0.05, 0.1) is 11.7 Å². The van der Waals surface area contributed by atoms with Crippen LogP contribution in [0.25, 0.3) is 0 Å². The fraction of sp³-hybridized carbons (Fsp3) is 0.263. The maximum absolute atomic E-state index is 12.5. The molecule has 1 aliphatic rings. The first-order chi connectivity index (χ1) is 12.0. The number of halogens is 1. The minimum absolute atomic E-state index is 0.0280. The first-order valence-corrected chi connectivity index (χ1v) is 9.48. The fourth-order valence-electron chi connectivity index (χ4n) is 2.94. The summed E-state index contributed by atoms with van der Waals surface area (Å²) < 4.78 is 0. The van der Waals surface area contributed by atoms with Gasteiger partial charge in [0.2, 0.25) is 5.91 Å². The van der Waals surface area contributed by atoms with Gasteiger partial charge < -0.3 is 10.0 Å². The molecule has 0 bridgehead atoms. The summed E-state index contributed by atoms with van der Waals surface area (Å²) in [5.74, 6) is -0.527. The standard InChI is InChI=1S/C19H18ClNO3S/c20-15-7-5-13(6-8-15)11-25-12-18(22)21-9-14-3-1-2-4-16(14)17(10-21)19(23)24/h1-8,17H,9-12H2,(H,23,24). The van der Waals surface area contributed by atoms with E-state index in [0.717, 1.165) is 22.4 Å². The third-order valence-corrected chi connectivity index (χ3v) is 5.49. The molecule has 0 saturated carbocycles. The monoisotopic (exact) mass is 375 g/mol. The van der Waals surface area contributed by atoms with Crippen molar-refractivity contribution in [2.75, 3.05) is 12.3 Å². The van der Waals surface area contributed by atoms with E-state index in [2.05, 4.69) is 0 Å². The fourth-order valence-corrected chi connectivity index (χ4v) is 3.95. The summed E-state index contributed by atoms with van der Waals surface area (Å²) in [4.78, 5) is 25.7. The average molecular weight is 376 g/mol. The SMILES string of the molecule is O=C(O)C1CN(C(=O)CSCc2ccc(Cl)cc2)Cc2ccccc21. The molecule has 1 aliphatic heterocycles. The Balaban J connectivity index is 1.61. The third kappa shape index (κ3) is 4.35. The largest absolute Gasteiger partial charge is 0.481 e. The number of thioether (sulfide) groups is 1. The van der Waals surface area contributed by atoms with E-state index in [1.54, 1.807) is 4.90 Å². The van der Waals surface area contributed by atoms with Gasteiger partial charge in [0.1, 0.15) is 0 Å². The second kappa shape index (κ2) is 7.93. The minimum Gasteiger partial charge on any atom is -0.481 e. The van der Waals surface area contributed by atoms with Gasteiger partial charge in [-0.3, -0.25) is 9.59 Å². The molecule has 0 fully saturated rings. The first-order valence-electron chi connectivity index (χ1n) is 7.95. The summed E-state index contributed by atoms with van der Waals surface area (Å²) in [6.07, 6.45) is 0. The third-order valence-electron chi connectivity index (χ3n) is 4.25. The zero-order chi connectivity index (χ0) is 17.8. The van der Waals surface area contributed by atoms with Crippen LogP contribution in [0, 0.1) is 0 Å². The maximum atomic E-state index is 12.5. The van der Waals surface area contributed by atoms with Gasteiger partial charge in [-0.15, -0.1) is 11.8 Å². The summed E-state index contributed by atoms with van der Waals surface area (Å²) in [5.41, 5.74) is 2.83. The number of rotatable bonds is 5. The lowest BCUT2D eigenvalue weighted by atomic mass is 9.90. The molecule has 1 N–H and O–H groups in total. The highest BCUT2D eigenvalue weighted by Crippen LogP contribution is 2.29. The number of carbonyl (C=O) groups is 2. The van der Waals surface area contributed by atoms with Crippen LogP contribution in [0.3, 0.4) is 0 Å². The Hall–Kier alpha value is -1.98. The Morgan fingerprint density at radius 2 is 1.88 bits per heavy atom. The second-order valence-corrected chi connectivity index (χ2v) is 7.41. The van der Waals surface area contributed by atoms with Gasteiger partial charge in [-0.05, 0) is 28.8 Å². The molecule has 2 aromatic carbocycles. The van der Waals surface area contributed by atoms with E-state index < -0.39 is 11.9 Å². The van der Waals surface area contributed by atoms with E-state index in [1.165, 1.54) is 11.8 Å². The van der Waals surface area contributed by atoms with Crippen molar-refractivity contribution in [2.24, 2.45) is 0 Å². The van der Waals surface area contributed by atoms with Crippen molar-refractivity contribution < 1.29 is 14.7 Å². The van der Waals surface area contributed by atoms with E-state index in [4.69, 9.17) is 11.6 Å². The molecule has 0 aliphatic carbocycles. The normalized spacial score (nSPS) is 16.4. The number of carboxylic acid groups (broad SMARTS) is 1. The van der Waals surface area contributed by atoms with Gasteiger partial charge in [-0.1, -0.05) is 48.0 Å². The Kier molecular flexibility index (Phi) is 5.66. The zero-order valence-corrected chi connectivity index (χ0v) is 15.1. The van der Waals surface area contributed by atoms with E-state index >= 15 is 0 Å². The van der Waals surface area contributed by atoms with E-state index in [9.17, 15) is 14.7 Å². The van der Waals surface area contributed by atoms with Gasteiger partial charge in [0.25, 0.3) is 0 Å². The highest BCUT2D eigenvalue weighted by atomic mass is 35.5. The number of hydrogen-bond acceptors (Lipinski definition) is 3. The van der Waals surface area contributed by atoms with Crippen molar-refractivity contribution >= 4 is 35.2 Å². The molecule has 0 radical (unpaired) electrons. The molecule has 130 valence electrons. The lowest BCUT2D eigenvalue weighted by Gasteiger charge is -2.32. The van der Waals surface area contributed by atoms with E-state index in [1.807, 2.05) is 48.5 Å². The number of nitrogens with zero attached hydrogens (tertiary/aromatic N) is 1. The molecule has 1 amide bonds. The topological polar surface area (TPSA) is 57.6 Å². The molecule has 25 heavy (non-hydrogen) atoms. The Morgan fingerprint density at radius 1 is 1.16 bits per heavy atom. The molecule has 1 unspecified atom stereocenters. The lowest BCUT2D eigenvalue weighted by Crippen LogP contribution is -2.41. The molecule has 0 spiro atoms. The Morgan fingerprint density at radius 3 is 2.60 bits per heavy atom. The van der Waals surface area contributed by atoms with Crippen LogP contribution < -0.4 is 0 Å². The van der Waals surface area contributed by atoms with Gasteiger partial charge in [-0.2, -0.15) is 0 Å². The predicted molar refractivity (Wildman–Crippen MR) is 99.8 cm³/mol. The molecule has 0 aromatic heterocycles. The number of carboxylic acids is 1. The number of hydrogen-bond donors (Lipinski definition) is 1. The van der Waals surface area contributed by atoms with Crippen molar-refractivity contribution in [3.05, 3.63) is 70.2 Å². The van der Waals surface area contributed by atoms with Crippen molar-refractivity contribution in [3.8, 4) is 0 Å². The molecular weight excluding hydrogens is 358 g/mol. The molecule has 4 nitrogen and oxygen atoms in total. The van der Waals surface area contributed by atoms with Crippen LogP contribution >= 0.6 is 23.4 Å². The molecule has 3 rings (SSSR count). The van der Waals surface area contributed by atoms with Crippen molar-refractivity contribution in [3.63, 3.8) is 0 Å². The van der Waals surface area contributed by atoms with Crippen LogP contribution in [0.2, 0.25) is 5.02 Å². The summed E-state index contributed by atoms with van der Waals surface area (Å²) in [7, 11) is 0. The zero-order valence-electron chi connectivity index (χ0n) is 13.5. The summed E-state index contributed by atoms with van der Waals surface area (Å²) in [6, 6.07) is 15.0. The molecule has 1 heterocycles. The quantitative estimate of drug-likeness (QED) is 0.863. The lowest BCUT2D eigenvalue weighted by molar-refractivity contribution is -0.140. The smallest absolute Gasteiger partial charge is 0.312 e. The predicted octanol–water partition coefficient (Wildman–Crippen LogP) is 3.78. The summed E-state index contributed by atoms with van der Waals surface area (Å²) in [5, 5.41) is 10.2. The number of carbonyl (C=O) groups excluding carboxylic acids is 1. The highest BCUT2D eigenvalue weighted by Gasteiger charge is 2.32. The van der Waals surface area contributed by atoms with Crippen molar-refractivity contribution in [2.45, 2.75) is 18.2 Å². The molecule has 6 heteroatoms. The molecular formula is C19H18ClNO3S. The molecule has 2 aromatic rings. The van der Waals surface area contributed by atoms with Gasteiger partial charge >= 0.3 is 5.97 Å². The summed E-state index contributed by atoms with van der Waals surface area (Å²) >= 11 is 7.39. The van der Waals surface area contributed by atoms with Gasteiger partial charge in [0, 0.05) is 23.9 Å². The summed E-state index contributed by atoms with van der Waals surface area (Å²) in [6.45, 7) is 0.701. The van der Waals surface area contributed by atoms with Crippen LogP contribution in [0.15, 0.2) is 48.5 Å². The van der Waals surface area contributed by atoms with Crippen molar-refractivity contribution in [1.29, 1.82) is 0 Å². The van der Waals surface area contributed by atoms with Crippen LogP contribution in [0.4, 0.5) is 0 Å². The Labute approximate surface area is 155 Å². The number of benzene rings is 2. The number of amides is 1. The Bertz CT molecular complexity index is 778. The van der Waals surface area contributed by atoms with Gasteiger partial charge in [0.15, 0.2) is 0 Å². The highest BCUT2D eigenvalue weighted by molar-refractivity contribution is 7.99. The first kappa shape index (κ1) is 17.8. The van der Waals surface area contributed by atoms with Crippen LogP contribution in [-0.4, -0.2) is 34.2 Å². The molecule has 0 saturated heterocycles. The second-order valence-electron chi connectivity index (χ2n) is 5.98. The van der Waals surface area contributed by atoms with E-state index in [-0.39, 0.29) is 12.5 Å². The van der Waals surface area contributed by atoms with Gasteiger partial charge in [-0.25, -0.2) is 0 Å². The maximum Gasteiger partial charge on any atom is 0.312 e. The van der Waals surface area contributed by atoms with Crippen molar-refractivity contribution in [1.82, 2.24) is 4.90 Å². The molecule has 1 atom stereocenters. The minimum atomic E-state index is -0.890. The van der Waals surface area contributed by atoms with E-state index in [0.29, 0.717) is 17.3 Å². The average Bonchev–Trinajstić information content (AvgIpc) is 2.62. The van der Waals surface area contributed by atoms with Crippen LogP contribution in [-0.2, 0) is 21.9 Å². The number of fused-ring (bicyclic) bond motifs is 1. The van der Waals surface area contributed by atoms with Crippen LogP contribution in [0.5, 0.6) is 0 Å².